The monoisotopic (exact) mass is 360 g/mol. The number of anilines is 1. The summed E-state index contributed by atoms with van der Waals surface area (Å²) in [7, 11) is 1.95. The summed E-state index contributed by atoms with van der Waals surface area (Å²) in [4.78, 5) is 41.1. The number of aliphatic imine (C=N–C) groups is 1. The minimum absolute atomic E-state index is 0.197. The maximum atomic E-state index is 12.2. The Morgan fingerprint density at radius 1 is 1.46 bits per heavy atom. The molecule has 0 saturated carbocycles. The summed E-state index contributed by atoms with van der Waals surface area (Å²) < 4.78 is 5.08. The summed E-state index contributed by atoms with van der Waals surface area (Å²) in [6.45, 7) is 7.17. The molecular weight excluding hydrogens is 336 g/mol. The zero-order valence-corrected chi connectivity index (χ0v) is 15.6. The Morgan fingerprint density at radius 2 is 2.23 bits per heavy atom. The molecule has 1 N–H and O–H groups in total. The van der Waals surface area contributed by atoms with Gasteiger partial charge in [-0.3, -0.25) is 4.90 Å². The third kappa shape index (κ3) is 3.61. The van der Waals surface area contributed by atoms with Crippen molar-refractivity contribution in [3.05, 3.63) is 11.8 Å². The van der Waals surface area contributed by atoms with E-state index >= 15 is 0 Å². The van der Waals surface area contributed by atoms with Crippen molar-refractivity contribution in [2.45, 2.75) is 39.2 Å². The minimum Gasteiger partial charge on any atom is -0.462 e. The van der Waals surface area contributed by atoms with Crippen molar-refractivity contribution < 1.29 is 14.3 Å². The second kappa shape index (κ2) is 6.89. The summed E-state index contributed by atoms with van der Waals surface area (Å²) >= 11 is 0. The Hall–Kier alpha value is -2.71. The molecule has 2 saturated heterocycles. The van der Waals surface area contributed by atoms with Crippen LogP contribution in [0.1, 0.15) is 44.0 Å². The number of carbonyl (C=O) groups is 2. The first-order valence-corrected chi connectivity index (χ1v) is 8.73. The molecule has 0 aliphatic carbocycles. The molecule has 1 aromatic rings. The average Bonchev–Trinajstić information content (AvgIpc) is 3.09. The summed E-state index contributed by atoms with van der Waals surface area (Å²) in [6.07, 6.45) is 3.20. The first-order valence-electron chi connectivity index (χ1n) is 8.73. The number of ether oxygens (including phenoxy) is 1. The number of hydrogen-bond acceptors (Lipinski definition) is 6. The van der Waals surface area contributed by atoms with Gasteiger partial charge in [0.05, 0.1) is 18.7 Å². The maximum absolute atomic E-state index is 12.2. The molecule has 140 valence electrons. The number of urea groups is 1. The maximum Gasteiger partial charge on any atom is 0.343 e. The van der Waals surface area contributed by atoms with Gasteiger partial charge in [0.2, 0.25) is 5.95 Å². The highest BCUT2D eigenvalue weighted by Crippen LogP contribution is 2.25. The molecular formula is C17H24N6O3. The number of rotatable bonds is 4. The van der Waals surface area contributed by atoms with Crippen LogP contribution in [-0.4, -0.2) is 65.0 Å². The van der Waals surface area contributed by atoms with Crippen LogP contribution in [0.3, 0.4) is 0 Å². The average molecular weight is 360 g/mol. The van der Waals surface area contributed by atoms with E-state index in [1.165, 1.54) is 11.1 Å². The highest BCUT2D eigenvalue weighted by molar-refractivity contribution is 5.97. The quantitative estimate of drug-likeness (QED) is 0.821. The fourth-order valence-corrected chi connectivity index (χ4v) is 3.01. The van der Waals surface area contributed by atoms with E-state index in [9.17, 15) is 9.59 Å². The van der Waals surface area contributed by atoms with E-state index in [4.69, 9.17) is 4.74 Å². The van der Waals surface area contributed by atoms with Crippen molar-refractivity contribution in [1.29, 1.82) is 0 Å². The number of likely N-dealkylation sites (tertiary alicyclic amines) is 1. The molecule has 26 heavy (non-hydrogen) atoms. The van der Waals surface area contributed by atoms with E-state index < -0.39 is 5.97 Å². The number of nitrogens with zero attached hydrogens (tertiary/aromatic N) is 5. The topological polar surface area (TPSA) is 100 Å². The zero-order valence-electron chi connectivity index (χ0n) is 15.6. The van der Waals surface area contributed by atoms with E-state index in [1.807, 2.05) is 25.8 Å². The molecule has 0 bridgehead atoms. The highest BCUT2D eigenvalue weighted by atomic mass is 16.5. The Labute approximate surface area is 152 Å². The van der Waals surface area contributed by atoms with Crippen LogP contribution in [0.5, 0.6) is 0 Å². The van der Waals surface area contributed by atoms with E-state index in [2.05, 4.69) is 20.3 Å². The molecule has 0 unspecified atom stereocenters. The molecule has 0 spiro atoms. The molecule has 2 aliphatic rings. The summed E-state index contributed by atoms with van der Waals surface area (Å²) in [5, 5.41) is 2.87. The third-order valence-corrected chi connectivity index (χ3v) is 4.31. The number of aromatic nitrogens is 2. The first-order chi connectivity index (χ1) is 12.3. The second-order valence-electron chi connectivity index (χ2n) is 7.08. The van der Waals surface area contributed by atoms with E-state index in [0.717, 1.165) is 25.2 Å². The number of nitrogens with one attached hydrogen (secondary N) is 1. The Morgan fingerprint density at radius 3 is 2.81 bits per heavy atom. The van der Waals surface area contributed by atoms with Crippen molar-refractivity contribution in [2.75, 3.05) is 31.6 Å². The molecule has 1 aromatic heterocycles. The largest absolute Gasteiger partial charge is 0.462 e. The second-order valence-corrected chi connectivity index (χ2v) is 7.08. The van der Waals surface area contributed by atoms with Gasteiger partial charge in [-0.05, 0) is 27.2 Å². The predicted molar refractivity (Wildman–Crippen MR) is 96.9 cm³/mol. The fourth-order valence-electron chi connectivity index (χ4n) is 3.01. The summed E-state index contributed by atoms with van der Waals surface area (Å²) in [6, 6.07) is -0.268. The normalized spacial score (nSPS) is 20.6. The van der Waals surface area contributed by atoms with Gasteiger partial charge >= 0.3 is 12.0 Å². The molecule has 2 aliphatic heterocycles. The third-order valence-electron chi connectivity index (χ3n) is 4.31. The van der Waals surface area contributed by atoms with Gasteiger partial charge in [0, 0.05) is 26.2 Å². The van der Waals surface area contributed by atoms with Gasteiger partial charge in [-0.2, -0.15) is 4.98 Å². The van der Waals surface area contributed by atoms with Crippen LogP contribution in [0.15, 0.2) is 11.2 Å². The van der Waals surface area contributed by atoms with E-state index in [1.54, 1.807) is 6.92 Å². The lowest BCUT2D eigenvalue weighted by Crippen LogP contribution is -2.36. The predicted octanol–water partition coefficient (Wildman–Crippen LogP) is 1.72. The van der Waals surface area contributed by atoms with Gasteiger partial charge < -0.3 is 15.0 Å². The van der Waals surface area contributed by atoms with Gasteiger partial charge in [0.1, 0.15) is 11.4 Å². The van der Waals surface area contributed by atoms with Crippen LogP contribution in [0.2, 0.25) is 0 Å². The first kappa shape index (κ1) is 18.1. The van der Waals surface area contributed by atoms with Crippen LogP contribution in [-0.2, 0) is 4.74 Å². The van der Waals surface area contributed by atoms with Gasteiger partial charge in [-0.15, -0.1) is 0 Å². The Bertz CT molecular complexity index is 761. The molecule has 2 amide bonds. The lowest BCUT2D eigenvalue weighted by molar-refractivity contribution is 0.0526. The van der Waals surface area contributed by atoms with Crippen LogP contribution in [0, 0.1) is 0 Å². The van der Waals surface area contributed by atoms with Crippen LogP contribution < -0.4 is 10.2 Å². The molecule has 3 heterocycles. The van der Waals surface area contributed by atoms with Gasteiger partial charge in [0.15, 0.2) is 5.82 Å². The minimum atomic E-state index is -0.523. The number of esters is 1. The van der Waals surface area contributed by atoms with Crippen molar-refractivity contribution in [2.24, 2.45) is 4.99 Å². The van der Waals surface area contributed by atoms with Crippen LogP contribution in [0.4, 0.5) is 16.6 Å². The number of amidine groups is 1. The van der Waals surface area contributed by atoms with Crippen LogP contribution in [0.25, 0.3) is 0 Å². The molecule has 0 aromatic carbocycles. The van der Waals surface area contributed by atoms with Crippen LogP contribution >= 0.6 is 0 Å². The number of amides is 2. The molecule has 2 fully saturated rings. The number of hydrogen-bond donors (Lipinski definition) is 1. The summed E-state index contributed by atoms with van der Waals surface area (Å²) in [5.41, 5.74) is -0.180. The molecule has 9 heteroatoms. The smallest absolute Gasteiger partial charge is 0.343 e. The van der Waals surface area contributed by atoms with E-state index in [-0.39, 0.29) is 35.5 Å². The van der Waals surface area contributed by atoms with Gasteiger partial charge in [0.25, 0.3) is 0 Å². The highest BCUT2D eigenvalue weighted by Gasteiger charge is 2.37. The lowest BCUT2D eigenvalue weighted by atomic mass is 10.1. The SMILES string of the molecule is CCOC(=O)c1cnc(N2CC(C)(C)NC2=O)nc1N=C1CCCN1C. The molecule has 9 nitrogen and oxygen atoms in total. The Kier molecular flexibility index (Phi) is 4.80. The summed E-state index contributed by atoms with van der Waals surface area (Å²) in [5.74, 6) is 0.785. The Balaban J connectivity index is 2.00. The molecule has 0 atom stereocenters. The van der Waals surface area contributed by atoms with Gasteiger partial charge in [-0.1, -0.05) is 0 Å². The molecule has 3 rings (SSSR count). The van der Waals surface area contributed by atoms with E-state index in [0.29, 0.717) is 6.54 Å². The fraction of sp³-hybridized carbons (Fsp3) is 0.588. The van der Waals surface area contributed by atoms with Crippen molar-refractivity contribution >= 4 is 29.6 Å². The zero-order chi connectivity index (χ0) is 18.9. The van der Waals surface area contributed by atoms with Crippen molar-refractivity contribution in [3.8, 4) is 0 Å². The van der Waals surface area contributed by atoms with Crippen molar-refractivity contribution in [1.82, 2.24) is 20.2 Å². The standard InChI is InChI=1S/C17H24N6O3/c1-5-26-14(24)11-9-18-15(23-10-17(2,3)21-16(23)25)20-13(11)19-12-7-6-8-22(12)4/h9H,5-8,10H2,1-4H3,(H,21,25). The van der Waals surface area contributed by atoms with Gasteiger partial charge in [-0.25, -0.2) is 19.6 Å². The lowest BCUT2D eigenvalue weighted by Gasteiger charge is -2.17. The van der Waals surface area contributed by atoms with Crippen molar-refractivity contribution in [3.63, 3.8) is 0 Å². The molecule has 0 radical (unpaired) electrons. The number of carbonyl (C=O) groups excluding carboxylic acids is 2.